The van der Waals surface area contributed by atoms with E-state index in [1.165, 1.54) is 71.9 Å². The molecule has 0 spiro atoms. The summed E-state index contributed by atoms with van der Waals surface area (Å²) in [7, 11) is 0. The van der Waals surface area contributed by atoms with Crippen LogP contribution in [0.25, 0.3) is 93.9 Å². The van der Waals surface area contributed by atoms with Crippen LogP contribution in [0.5, 0.6) is 0 Å². The maximum Gasteiger partial charge on any atom is 0.0550 e. The van der Waals surface area contributed by atoms with E-state index in [-0.39, 0.29) is 0 Å². The average Bonchev–Trinajstić information content (AvgIpc) is 3.58. The number of aromatic nitrogens is 1. The fourth-order valence-electron chi connectivity index (χ4n) is 8.75. The molecule has 1 aromatic heterocycles. The minimum absolute atomic E-state index is 0.880. The molecule has 0 atom stereocenters. The van der Waals surface area contributed by atoms with Gasteiger partial charge in [0.2, 0.25) is 0 Å². The summed E-state index contributed by atoms with van der Waals surface area (Å²) in [4.78, 5) is 0. The van der Waals surface area contributed by atoms with Crippen molar-refractivity contribution < 1.29 is 0 Å². The van der Waals surface area contributed by atoms with E-state index in [0.717, 1.165) is 51.8 Å². The van der Waals surface area contributed by atoms with Gasteiger partial charge in [0.25, 0.3) is 0 Å². The molecule has 1 heterocycles. The standard InChI is InChI=1S/C53H38N2/c1-2-50-49(34-54)48-33-40(35-14-4-3-5-15-35)28-29-51(48)55(50)43-21-13-19-39(32-43)38-18-12-20-41(31-38)52-44-22-8-10-24-46(44)53(47-25-11-9-23-45(47)52)42-27-26-36-16-6-7-17-37(36)30-42/h2,4,6-34,54H,1,3,5H2. The lowest BCUT2D eigenvalue weighted by Crippen LogP contribution is -1.98. The van der Waals surface area contributed by atoms with Crippen LogP contribution in [0.1, 0.15) is 29.7 Å². The Hall–Kier alpha value is -7.03. The molecule has 1 N–H and O–H groups in total. The first-order valence-electron chi connectivity index (χ1n) is 19.0. The molecule has 1 aliphatic rings. The quantitative estimate of drug-likeness (QED) is 0.127. The second-order valence-electron chi connectivity index (χ2n) is 14.4. The summed E-state index contributed by atoms with van der Waals surface area (Å²) < 4.78 is 2.25. The second kappa shape index (κ2) is 13.4. The van der Waals surface area contributed by atoms with Crippen LogP contribution in [0.15, 0.2) is 183 Å². The molecule has 0 amide bonds. The first kappa shape index (κ1) is 32.6. The Kier molecular flexibility index (Phi) is 7.96. The second-order valence-corrected chi connectivity index (χ2v) is 14.4. The molecule has 0 fully saturated rings. The third kappa shape index (κ3) is 5.45. The van der Waals surface area contributed by atoms with E-state index in [4.69, 9.17) is 5.41 Å². The molecule has 2 heteroatoms. The van der Waals surface area contributed by atoms with Crippen molar-refractivity contribution in [2.75, 3.05) is 0 Å². The molecule has 2 nitrogen and oxygen atoms in total. The normalized spacial score (nSPS) is 12.8. The van der Waals surface area contributed by atoms with Crippen molar-refractivity contribution >= 4 is 61.1 Å². The number of benzene rings is 8. The number of rotatable bonds is 7. The third-order valence-corrected chi connectivity index (χ3v) is 11.3. The minimum atomic E-state index is 0.880. The number of hydrogen-bond donors (Lipinski definition) is 1. The van der Waals surface area contributed by atoms with Gasteiger partial charge in [-0.1, -0.05) is 146 Å². The molecular weight excluding hydrogens is 665 g/mol. The van der Waals surface area contributed by atoms with Crippen molar-refractivity contribution in [2.24, 2.45) is 0 Å². The van der Waals surface area contributed by atoms with Crippen LogP contribution in [0, 0.1) is 5.41 Å². The summed E-state index contributed by atoms with van der Waals surface area (Å²) in [6.07, 6.45) is 12.2. The fraction of sp³-hybridized carbons (Fsp3) is 0.0377. The van der Waals surface area contributed by atoms with Gasteiger partial charge in [0, 0.05) is 22.9 Å². The molecule has 9 aromatic rings. The zero-order valence-electron chi connectivity index (χ0n) is 30.5. The minimum Gasteiger partial charge on any atom is -0.309 e. The first-order chi connectivity index (χ1) is 27.2. The van der Waals surface area contributed by atoms with Crippen molar-refractivity contribution in [3.8, 4) is 39.1 Å². The Morgan fingerprint density at radius 3 is 1.80 bits per heavy atom. The van der Waals surface area contributed by atoms with E-state index in [0.29, 0.717) is 0 Å². The Bertz CT molecular complexity index is 3020. The predicted molar refractivity (Wildman–Crippen MR) is 236 cm³/mol. The maximum absolute atomic E-state index is 8.44. The van der Waals surface area contributed by atoms with Crippen LogP contribution in [0.2, 0.25) is 0 Å². The van der Waals surface area contributed by atoms with Gasteiger partial charge in [-0.05, 0) is 132 Å². The van der Waals surface area contributed by atoms with Crippen LogP contribution in [0.3, 0.4) is 0 Å². The van der Waals surface area contributed by atoms with Gasteiger partial charge < -0.3 is 9.98 Å². The van der Waals surface area contributed by atoms with Crippen LogP contribution in [0.4, 0.5) is 0 Å². The van der Waals surface area contributed by atoms with Crippen LogP contribution >= 0.6 is 0 Å². The zero-order valence-corrected chi connectivity index (χ0v) is 30.5. The SMILES string of the molecule is C=Cc1c(C=N)c2cc(C3=CCCC=C3)ccc2n1-c1cccc(-c2cccc(-c3c4ccccc4c(-c4ccc5ccccc5c4)c4ccccc34)c2)c1. The maximum atomic E-state index is 8.44. The van der Waals surface area contributed by atoms with Crippen LogP contribution in [-0.2, 0) is 0 Å². The van der Waals surface area contributed by atoms with Gasteiger partial charge in [-0.15, -0.1) is 0 Å². The molecule has 10 rings (SSSR count). The van der Waals surface area contributed by atoms with Crippen molar-refractivity contribution in [3.05, 3.63) is 199 Å². The van der Waals surface area contributed by atoms with Gasteiger partial charge >= 0.3 is 0 Å². The summed E-state index contributed by atoms with van der Waals surface area (Å²) in [5, 5.41) is 17.0. The van der Waals surface area contributed by atoms with Gasteiger partial charge in [0.15, 0.2) is 0 Å². The van der Waals surface area contributed by atoms with E-state index in [1.807, 2.05) is 6.08 Å². The van der Waals surface area contributed by atoms with Crippen LogP contribution in [-0.4, -0.2) is 10.8 Å². The molecule has 0 saturated heterocycles. The highest BCUT2D eigenvalue weighted by molar-refractivity contribution is 6.22. The van der Waals surface area contributed by atoms with E-state index in [9.17, 15) is 0 Å². The molecular formula is C53H38N2. The van der Waals surface area contributed by atoms with Gasteiger partial charge in [0.1, 0.15) is 0 Å². The summed E-state index contributed by atoms with van der Waals surface area (Å²) in [5.74, 6) is 0. The van der Waals surface area contributed by atoms with Crippen molar-refractivity contribution in [2.45, 2.75) is 12.8 Å². The number of nitrogens with one attached hydrogen (secondary N) is 1. The van der Waals surface area contributed by atoms with Crippen molar-refractivity contribution in [3.63, 3.8) is 0 Å². The molecule has 0 bridgehead atoms. The smallest absolute Gasteiger partial charge is 0.0550 e. The zero-order chi connectivity index (χ0) is 36.9. The summed E-state index contributed by atoms with van der Waals surface area (Å²) >= 11 is 0. The van der Waals surface area contributed by atoms with Gasteiger partial charge in [-0.3, -0.25) is 0 Å². The number of fused-ring (bicyclic) bond motifs is 4. The molecule has 55 heavy (non-hydrogen) atoms. The van der Waals surface area contributed by atoms with E-state index in [1.54, 1.807) is 0 Å². The highest BCUT2D eigenvalue weighted by Crippen LogP contribution is 2.45. The summed E-state index contributed by atoms with van der Waals surface area (Å²) in [6, 6.07) is 57.5. The number of nitrogens with zero attached hydrogens (tertiary/aromatic N) is 1. The van der Waals surface area contributed by atoms with Gasteiger partial charge in [-0.25, -0.2) is 0 Å². The van der Waals surface area contributed by atoms with Gasteiger partial charge in [0.05, 0.1) is 11.2 Å². The largest absolute Gasteiger partial charge is 0.309 e. The number of allylic oxidation sites excluding steroid dienone is 4. The molecule has 8 aromatic carbocycles. The summed E-state index contributed by atoms with van der Waals surface area (Å²) in [6.45, 7) is 4.20. The highest BCUT2D eigenvalue weighted by atomic mass is 15.0. The molecule has 0 saturated carbocycles. The Labute approximate surface area is 321 Å². The van der Waals surface area contributed by atoms with Crippen molar-refractivity contribution in [1.29, 1.82) is 5.41 Å². The van der Waals surface area contributed by atoms with E-state index < -0.39 is 0 Å². The highest BCUT2D eigenvalue weighted by Gasteiger charge is 2.19. The predicted octanol–water partition coefficient (Wildman–Crippen LogP) is 14.5. The van der Waals surface area contributed by atoms with Crippen molar-refractivity contribution in [1.82, 2.24) is 4.57 Å². The van der Waals surface area contributed by atoms with Crippen LogP contribution < -0.4 is 0 Å². The average molecular weight is 703 g/mol. The summed E-state index contributed by atoms with van der Waals surface area (Å²) in [5.41, 5.74) is 13.5. The Morgan fingerprint density at radius 1 is 0.509 bits per heavy atom. The van der Waals surface area contributed by atoms with E-state index >= 15 is 0 Å². The molecule has 0 aliphatic heterocycles. The molecule has 260 valence electrons. The van der Waals surface area contributed by atoms with Gasteiger partial charge in [-0.2, -0.15) is 0 Å². The Morgan fingerprint density at radius 2 is 1.13 bits per heavy atom. The lowest BCUT2D eigenvalue weighted by atomic mass is 9.85. The lowest BCUT2D eigenvalue weighted by Gasteiger charge is -2.18. The third-order valence-electron chi connectivity index (χ3n) is 11.3. The molecule has 1 aliphatic carbocycles. The molecule has 0 radical (unpaired) electrons. The lowest BCUT2D eigenvalue weighted by molar-refractivity contribution is 1.04. The van der Waals surface area contributed by atoms with E-state index in [2.05, 4.69) is 187 Å². The monoisotopic (exact) mass is 702 g/mol. The fourth-order valence-corrected chi connectivity index (χ4v) is 8.75. The molecule has 0 unspecified atom stereocenters. The first-order valence-corrected chi connectivity index (χ1v) is 19.0. The Balaban J connectivity index is 1.12. The topological polar surface area (TPSA) is 28.8 Å². The number of hydrogen-bond acceptors (Lipinski definition) is 1.